The highest BCUT2D eigenvalue weighted by Gasteiger charge is 2.47. The first kappa shape index (κ1) is 25.8. The third-order valence-electron chi connectivity index (χ3n) is 6.62. The second-order valence-corrected chi connectivity index (χ2v) is 9.61. The van der Waals surface area contributed by atoms with Crippen LogP contribution in [0.4, 0.5) is 10.5 Å². The fourth-order valence-electron chi connectivity index (χ4n) is 4.54. The predicted molar refractivity (Wildman–Crippen MR) is 146 cm³/mol. The Kier molecular flexibility index (Phi) is 7.45. The lowest BCUT2D eigenvalue weighted by atomic mass is 10.00. The summed E-state index contributed by atoms with van der Waals surface area (Å²) in [7, 11) is 0. The molecule has 2 atom stereocenters. The highest BCUT2D eigenvalue weighted by atomic mass is 16.6. The number of nitrogens with one attached hydrogen (secondary N) is 2. The Labute approximate surface area is 226 Å². The van der Waals surface area contributed by atoms with Gasteiger partial charge in [-0.2, -0.15) is 0 Å². The van der Waals surface area contributed by atoms with Gasteiger partial charge in [-0.1, -0.05) is 59.7 Å². The number of carbonyl (C=O) groups is 3. The molecule has 0 radical (unpaired) electrons. The fourth-order valence-corrected chi connectivity index (χ4v) is 4.54. The number of hydrogen-bond acceptors (Lipinski definition) is 5. The van der Waals surface area contributed by atoms with Gasteiger partial charge in [0, 0.05) is 11.3 Å². The molecule has 0 unspecified atom stereocenters. The minimum Gasteiger partial charge on any atom is -0.467 e. The molecule has 4 aromatic rings. The Balaban J connectivity index is 1.36. The molecule has 1 saturated heterocycles. The second kappa shape index (κ2) is 11.3. The third-order valence-corrected chi connectivity index (χ3v) is 6.62. The van der Waals surface area contributed by atoms with Crippen LogP contribution in [-0.4, -0.2) is 28.8 Å². The van der Waals surface area contributed by atoms with Crippen LogP contribution < -0.4 is 10.6 Å². The summed E-state index contributed by atoms with van der Waals surface area (Å²) >= 11 is 0. The molecule has 8 nitrogen and oxygen atoms in total. The number of furan rings is 1. The monoisotopic (exact) mass is 523 g/mol. The van der Waals surface area contributed by atoms with Crippen LogP contribution in [0.3, 0.4) is 0 Å². The lowest BCUT2D eigenvalue weighted by Gasteiger charge is -2.24. The van der Waals surface area contributed by atoms with Gasteiger partial charge in [-0.05, 0) is 61.4 Å². The number of aryl methyl sites for hydroxylation is 2. The number of amides is 3. The maximum Gasteiger partial charge on any atom is 0.411 e. The van der Waals surface area contributed by atoms with Crippen molar-refractivity contribution in [2.45, 2.75) is 39.1 Å². The van der Waals surface area contributed by atoms with Gasteiger partial charge in [-0.25, -0.2) is 4.79 Å². The summed E-state index contributed by atoms with van der Waals surface area (Å²) in [6, 6.07) is 24.7. The molecule has 2 N–H and O–H groups in total. The van der Waals surface area contributed by atoms with Crippen LogP contribution in [-0.2, 0) is 22.6 Å². The zero-order chi connectivity index (χ0) is 27.4. The molecule has 1 aliphatic rings. The zero-order valence-electron chi connectivity index (χ0n) is 21.7. The normalized spacial score (nSPS) is 16.6. The Morgan fingerprint density at radius 1 is 0.897 bits per heavy atom. The molecule has 2 heterocycles. The Bertz CT molecular complexity index is 1460. The summed E-state index contributed by atoms with van der Waals surface area (Å²) in [5.41, 5.74) is 4.77. The first-order chi connectivity index (χ1) is 18.9. The standard InChI is InChI=1S/C31H29N3O5/c1-20-8-10-22(11-9-20)19-34-27(30(36)32-18-26-7-4-16-38-26)28(39-31(34)37)23-12-14-25(15-13-23)33-29(35)24-6-3-5-21(2)17-24/h3-17,27-28H,18-19H2,1-2H3,(H,32,36)(H,33,35)/t27-,28+/m0/s1. The van der Waals surface area contributed by atoms with Gasteiger partial charge in [0.1, 0.15) is 5.76 Å². The van der Waals surface area contributed by atoms with Crippen LogP contribution in [0, 0.1) is 13.8 Å². The maximum absolute atomic E-state index is 13.4. The molecule has 0 aliphatic carbocycles. The van der Waals surface area contributed by atoms with Crippen LogP contribution in [0.15, 0.2) is 95.6 Å². The zero-order valence-corrected chi connectivity index (χ0v) is 21.7. The number of ether oxygens (including phenoxy) is 1. The van der Waals surface area contributed by atoms with Crippen molar-refractivity contribution in [1.29, 1.82) is 0 Å². The molecule has 0 spiro atoms. The fraction of sp³-hybridized carbons (Fsp3) is 0.194. The van der Waals surface area contributed by atoms with E-state index in [1.54, 1.807) is 42.5 Å². The number of carbonyl (C=O) groups excluding carboxylic acids is 3. The maximum atomic E-state index is 13.4. The van der Waals surface area contributed by atoms with E-state index < -0.39 is 18.2 Å². The predicted octanol–water partition coefficient (Wildman–Crippen LogP) is 5.53. The van der Waals surface area contributed by atoms with Crippen molar-refractivity contribution in [1.82, 2.24) is 10.2 Å². The number of rotatable bonds is 8. The van der Waals surface area contributed by atoms with Crippen molar-refractivity contribution in [3.63, 3.8) is 0 Å². The molecular formula is C31H29N3O5. The van der Waals surface area contributed by atoms with Gasteiger partial charge in [0.05, 0.1) is 19.4 Å². The highest BCUT2D eigenvalue weighted by Crippen LogP contribution is 2.34. The van der Waals surface area contributed by atoms with Crippen molar-refractivity contribution in [2.24, 2.45) is 0 Å². The molecule has 8 heteroatoms. The summed E-state index contributed by atoms with van der Waals surface area (Å²) in [6.07, 6.45) is 0.131. The van der Waals surface area contributed by atoms with Crippen LogP contribution in [0.25, 0.3) is 0 Å². The van der Waals surface area contributed by atoms with E-state index in [1.165, 1.54) is 11.2 Å². The molecule has 198 valence electrons. The summed E-state index contributed by atoms with van der Waals surface area (Å²) in [4.78, 5) is 40.6. The number of anilines is 1. The van der Waals surface area contributed by atoms with Crippen LogP contribution in [0.2, 0.25) is 0 Å². The summed E-state index contributed by atoms with van der Waals surface area (Å²) in [5.74, 6) is 0.0216. The molecule has 0 saturated carbocycles. The Morgan fingerprint density at radius 3 is 2.36 bits per heavy atom. The lowest BCUT2D eigenvalue weighted by Crippen LogP contribution is -2.46. The van der Waals surface area contributed by atoms with Gasteiger partial charge < -0.3 is 19.8 Å². The Morgan fingerprint density at radius 2 is 1.67 bits per heavy atom. The van der Waals surface area contributed by atoms with Gasteiger partial charge in [-0.15, -0.1) is 0 Å². The first-order valence-electron chi connectivity index (χ1n) is 12.7. The van der Waals surface area contributed by atoms with E-state index in [4.69, 9.17) is 9.15 Å². The molecule has 3 aromatic carbocycles. The average molecular weight is 524 g/mol. The second-order valence-electron chi connectivity index (χ2n) is 9.61. The first-order valence-corrected chi connectivity index (χ1v) is 12.7. The lowest BCUT2D eigenvalue weighted by molar-refractivity contribution is -0.126. The van der Waals surface area contributed by atoms with Crippen molar-refractivity contribution in [3.05, 3.63) is 125 Å². The van der Waals surface area contributed by atoms with E-state index in [0.29, 0.717) is 22.6 Å². The third kappa shape index (κ3) is 6.01. The molecule has 3 amide bonds. The molecule has 39 heavy (non-hydrogen) atoms. The molecule has 1 fully saturated rings. The van der Waals surface area contributed by atoms with Gasteiger partial charge >= 0.3 is 6.09 Å². The van der Waals surface area contributed by atoms with E-state index in [1.807, 2.05) is 56.3 Å². The minimum absolute atomic E-state index is 0.186. The average Bonchev–Trinajstić information content (AvgIpc) is 3.57. The van der Waals surface area contributed by atoms with E-state index in [-0.39, 0.29) is 24.9 Å². The minimum atomic E-state index is -0.901. The number of benzene rings is 3. The summed E-state index contributed by atoms with van der Waals surface area (Å²) in [5, 5.41) is 5.75. The van der Waals surface area contributed by atoms with Crippen LogP contribution in [0.5, 0.6) is 0 Å². The van der Waals surface area contributed by atoms with Gasteiger partial charge in [-0.3, -0.25) is 14.5 Å². The summed E-state index contributed by atoms with van der Waals surface area (Å²) < 4.78 is 11.1. The molecule has 5 rings (SSSR count). The molecule has 0 bridgehead atoms. The smallest absolute Gasteiger partial charge is 0.411 e. The molecule has 1 aromatic heterocycles. The number of hydrogen-bond donors (Lipinski definition) is 2. The van der Waals surface area contributed by atoms with Crippen LogP contribution in [0.1, 0.15) is 44.5 Å². The van der Waals surface area contributed by atoms with Crippen molar-refractivity contribution >= 4 is 23.6 Å². The number of nitrogens with zero attached hydrogens (tertiary/aromatic N) is 1. The van der Waals surface area contributed by atoms with E-state index in [0.717, 1.165) is 16.7 Å². The van der Waals surface area contributed by atoms with Crippen LogP contribution >= 0.6 is 0 Å². The van der Waals surface area contributed by atoms with E-state index in [2.05, 4.69) is 10.6 Å². The van der Waals surface area contributed by atoms with Gasteiger partial charge in [0.25, 0.3) is 5.91 Å². The van der Waals surface area contributed by atoms with Crippen molar-refractivity contribution < 1.29 is 23.5 Å². The topological polar surface area (TPSA) is 101 Å². The molecular weight excluding hydrogens is 494 g/mol. The largest absolute Gasteiger partial charge is 0.467 e. The van der Waals surface area contributed by atoms with Crippen molar-refractivity contribution in [3.8, 4) is 0 Å². The van der Waals surface area contributed by atoms with E-state index >= 15 is 0 Å². The van der Waals surface area contributed by atoms with Gasteiger partial charge in [0.15, 0.2) is 12.1 Å². The van der Waals surface area contributed by atoms with Gasteiger partial charge in [0.2, 0.25) is 5.91 Å². The van der Waals surface area contributed by atoms with E-state index in [9.17, 15) is 14.4 Å². The highest BCUT2D eigenvalue weighted by molar-refractivity contribution is 6.04. The number of cyclic esters (lactones) is 1. The summed E-state index contributed by atoms with van der Waals surface area (Å²) in [6.45, 7) is 4.32. The Hall–Kier alpha value is -4.85. The quantitative estimate of drug-likeness (QED) is 0.316. The molecule has 1 aliphatic heterocycles. The SMILES string of the molecule is Cc1ccc(CN2C(=O)O[C@H](c3ccc(NC(=O)c4cccc(C)c4)cc3)[C@H]2C(=O)NCc2ccco2)cc1. The van der Waals surface area contributed by atoms with Crippen molar-refractivity contribution in [2.75, 3.05) is 5.32 Å².